The zero-order chi connectivity index (χ0) is 18.1. The maximum absolute atomic E-state index is 11.9. The number of unbranched alkanes of at least 4 members (excludes halogenated alkanes) is 2. The summed E-state index contributed by atoms with van der Waals surface area (Å²) in [6.45, 7) is 1.21. The number of hydrogen-bond acceptors (Lipinski definition) is 2. The fraction of sp³-hybridized carbons (Fsp3) is 0.263. The molecule has 0 atom stereocenters. The van der Waals surface area contributed by atoms with Crippen molar-refractivity contribution in [3.05, 3.63) is 69.7 Å². The van der Waals surface area contributed by atoms with Crippen LogP contribution in [0.1, 0.15) is 40.0 Å². The predicted molar refractivity (Wildman–Crippen MR) is 101 cm³/mol. The Morgan fingerprint density at radius 3 is 1.36 bits per heavy atom. The molecule has 0 aliphatic heterocycles. The summed E-state index contributed by atoms with van der Waals surface area (Å²) >= 11 is 11.6. The molecule has 0 spiro atoms. The lowest BCUT2D eigenvalue weighted by Crippen LogP contribution is -2.25. The van der Waals surface area contributed by atoms with E-state index in [1.165, 1.54) is 0 Å². The van der Waals surface area contributed by atoms with E-state index in [0.717, 1.165) is 19.3 Å². The Morgan fingerprint density at radius 2 is 1.00 bits per heavy atom. The second-order valence-corrected chi connectivity index (χ2v) is 6.46. The molecule has 2 aromatic carbocycles. The number of benzene rings is 2. The van der Waals surface area contributed by atoms with E-state index < -0.39 is 0 Å². The van der Waals surface area contributed by atoms with Crippen molar-refractivity contribution in [2.45, 2.75) is 19.3 Å². The molecule has 132 valence electrons. The molecule has 4 nitrogen and oxygen atoms in total. The lowest BCUT2D eigenvalue weighted by Gasteiger charge is -2.07. The second-order valence-electron chi connectivity index (χ2n) is 5.59. The van der Waals surface area contributed by atoms with Crippen LogP contribution in [-0.4, -0.2) is 24.9 Å². The van der Waals surface area contributed by atoms with Gasteiger partial charge in [0.1, 0.15) is 0 Å². The topological polar surface area (TPSA) is 58.2 Å². The first-order valence-corrected chi connectivity index (χ1v) is 8.89. The van der Waals surface area contributed by atoms with Crippen LogP contribution in [0, 0.1) is 0 Å². The van der Waals surface area contributed by atoms with Crippen molar-refractivity contribution in [2.75, 3.05) is 13.1 Å². The van der Waals surface area contributed by atoms with Gasteiger partial charge in [0.05, 0.1) is 0 Å². The molecule has 0 unspecified atom stereocenters. The molecule has 0 saturated carbocycles. The molecule has 25 heavy (non-hydrogen) atoms. The minimum atomic E-state index is -0.104. The van der Waals surface area contributed by atoms with Crippen molar-refractivity contribution in [3.63, 3.8) is 0 Å². The molecule has 2 amide bonds. The van der Waals surface area contributed by atoms with Gasteiger partial charge < -0.3 is 10.6 Å². The molecule has 0 fully saturated rings. The summed E-state index contributed by atoms with van der Waals surface area (Å²) in [5, 5.41) is 6.95. The van der Waals surface area contributed by atoms with Gasteiger partial charge in [0.25, 0.3) is 11.8 Å². The van der Waals surface area contributed by atoms with E-state index in [2.05, 4.69) is 10.6 Å². The van der Waals surface area contributed by atoms with Crippen molar-refractivity contribution in [3.8, 4) is 0 Å². The highest BCUT2D eigenvalue weighted by atomic mass is 35.5. The summed E-state index contributed by atoms with van der Waals surface area (Å²) in [5.74, 6) is -0.208. The SMILES string of the molecule is O=C(NCCCCCNC(=O)c1ccc(Cl)cc1)c1ccc(Cl)cc1. The highest BCUT2D eigenvalue weighted by Crippen LogP contribution is 2.10. The van der Waals surface area contributed by atoms with Crippen LogP contribution in [0.2, 0.25) is 10.0 Å². The van der Waals surface area contributed by atoms with Crippen LogP contribution in [0.5, 0.6) is 0 Å². The van der Waals surface area contributed by atoms with Crippen LogP contribution in [0.15, 0.2) is 48.5 Å². The van der Waals surface area contributed by atoms with Gasteiger partial charge in [0.2, 0.25) is 0 Å². The quantitative estimate of drug-likeness (QED) is 0.671. The van der Waals surface area contributed by atoms with Crippen LogP contribution in [0.4, 0.5) is 0 Å². The van der Waals surface area contributed by atoms with Gasteiger partial charge in [-0.2, -0.15) is 0 Å². The summed E-state index contributed by atoms with van der Waals surface area (Å²) in [4.78, 5) is 23.8. The van der Waals surface area contributed by atoms with Gasteiger partial charge in [0.15, 0.2) is 0 Å². The lowest BCUT2D eigenvalue weighted by atomic mass is 10.2. The molecule has 0 bridgehead atoms. The Morgan fingerprint density at radius 1 is 0.640 bits per heavy atom. The van der Waals surface area contributed by atoms with Gasteiger partial charge in [-0.05, 0) is 67.8 Å². The molecule has 6 heteroatoms. The fourth-order valence-electron chi connectivity index (χ4n) is 2.24. The second kappa shape index (κ2) is 10.1. The van der Waals surface area contributed by atoms with E-state index in [9.17, 15) is 9.59 Å². The van der Waals surface area contributed by atoms with E-state index in [4.69, 9.17) is 23.2 Å². The van der Waals surface area contributed by atoms with Gasteiger partial charge in [-0.1, -0.05) is 23.2 Å². The molecule has 0 aliphatic carbocycles. The number of halogens is 2. The van der Waals surface area contributed by atoms with Crippen LogP contribution >= 0.6 is 23.2 Å². The van der Waals surface area contributed by atoms with E-state index in [0.29, 0.717) is 34.3 Å². The molecule has 2 rings (SSSR count). The molecule has 0 radical (unpaired) electrons. The average Bonchev–Trinajstić information content (AvgIpc) is 2.61. The molecule has 0 heterocycles. The standard InChI is InChI=1S/C19H20Cl2N2O2/c20-16-8-4-14(5-9-16)18(24)22-12-2-1-3-13-23-19(25)15-6-10-17(21)11-7-15/h4-11H,1-3,12-13H2,(H,22,24)(H,23,25). The minimum absolute atomic E-state index is 0.104. The van der Waals surface area contributed by atoms with E-state index in [1.54, 1.807) is 48.5 Å². The van der Waals surface area contributed by atoms with Gasteiger partial charge in [-0.3, -0.25) is 9.59 Å². The molecular formula is C19H20Cl2N2O2. The number of carbonyl (C=O) groups excluding carboxylic acids is 2. The van der Waals surface area contributed by atoms with Crippen LogP contribution in [0.3, 0.4) is 0 Å². The molecule has 0 saturated heterocycles. The van der Waals surface area contributed by atoms with Gasteiger partial charge in [-0.15, -0.1) is 0 Å². The first-order valence-electron chi connectivity index (χ1n) is 8.14. The van der Waals surface area contributed by atoms with Gasteiger partial charge >= 0.3 is 0 Å². The van der Waals surface area contributed by atoms with Crippen molar-refractivity contribution < 1.29 is 9.59 Å². The maximum atomic E-state index is 11.9. The maximum Gasteiger partial charge on any atom is 0.251 e. The zero-order valence-electron chi connectivity index (χ0n) is 13.7. The molecule has 0 aromatic heterocycles. The third kappa shape index (κ3) is 6.77. The van der Waals surface area contributed by atoms with Gasteiger partial charge in [0, 0.05) is 34.3 Å². The molecule has 0 aliphatic rings. The highest BCUT2D eigenvalue weighted by molar-refractivity contribution is 6.31. The Kier molecular flexibility index (Phi) is 7.76. The minimum Gasteiger partial charge on any atom is -0.352 e. The van der Waals surface area contributed by atoms with Crippen LogP contribution in [-0.2, 0) is 0 Å². The monoisotopic (exact) mass is 378 g/mol. The van der Waals surface area contributed by atoms with E-state index >= 15 is 0 Å². The van der Waals surface area contributed by atoms with Crippen molar-refractivity contribution in [1.29, 1.82) is 0 Å². The summed E-state index contributed by atoms with van der Waals surface area (Å²) in [7, 11) is 0. The summed E-state index contributed by atoms with van der Waals surface area (Å²) in [6.07, 6.45) is 2.63. The Balaban J connectivity index is 1.56. The highest BCUT2D eigenvalue weighted by Gasteiger charge is 2.05. The summed E-state index contributed by atoms with van der Waals surface area (Å²) < 4.78 is 0. The predicted octanol–water partition coefficient (Wildman–Crippen LogP) is 4.32. The summed E-state index contributed by atoms with van der Waals surface area (Å²) in [5.41, 5.74) is 1.19. The first kappa shape index (κ1) is 19.3. The summed E-state index contributed by atoms with van der Waals surface area (Å²) in [6, 6.07) is 13.6. The lowest BCUT2D eigenvalue weighted by molar-refractivity contribution is 0.0947. The number of hydrogen-bond donors (Lipinski definition) is 2. The molecular weight excluding hydrogens is 359 g/mol. The third-order valence-corrected chi connectivity index (χ3v) is 4.14. The van der Waals surface area contributed by atoms with Crippen molar-refractivity contribution in [2.24, 2.45) is 0 Å². The normalized spacial score (nSPS) is 10.3. The first-order chi connectivity index (χ1) is 12.1. The van der Waals surface area contributed by atoms with Crippen molar-refractivity contribution >= 4 is 35.0 Å². The Hall–Kier alpha value is -2.04. The smallest absolute Gasteiger partial charge is 0.251 e. The van der Waals surface area contributed by atoms with E-state index in [-0.39, 0.29) is 11.8 Å². The third-order valence-electron chi connectivity index (χ3n) is 3.64. The van der Waals surface area contributed by atoms with Crippen molar-refractivity contribution in [1.82, 2.24) is 10.6 Å². The Labute approximate surface area is 157 Å². The average molecular weight is 379 g/mol. The van der Waals surface area contributed by atoms with Crippen LogP contribution < -0.4 is 10.6 Å². The number of amides is 2. The molecule has 2 N–H and O–H groups in total. The zero-order valence-corrected chi connectivity index (χ0v) is 15.2. The number of rotatable bonds is 8. The number of nitrogens with one attached hydrogen (secondary N) is 2. The van der Waals surface area contributed by atoms with Gasteiger partial charge in [-0.25, -0.2) is 0 Å². The van der Waals surface area contributed by atoms with E-state index in [1.807, 2.05) is 0 Å². The largest absolute Gasteiger partial charge is 0.352 e. The molecule has 2 aromatic rings. The van der Waals surface area contributed by atoms with Crippen LogP contribution in [0.25, 0.3) is 0 Å². The Bertz CT molecular complexity index is 639. The fourth-order valence-corrected chi connectivity index (χ4v) is 2.49. The number of carbonyl (C=O) groups is 2.